The Kier molecular flexibility index (Phi) is 7.77. The molecule has 2 heterocycles. The molecule has 0 amide bonds. The summed E-state index contributed by atoms with van der Waals surface area (Å²) in [6, 6.07) is 5.03. The van der Waals surface area contributed by atoms with E-state index in [1.165, 1.54) is 31.9 Å². The summed E-state index contributed by atoms with van der Waals surface area (Å²) in [5.74, 6) is 0.678. The molecule has 33 heavy (non-hydrogen) atoms. The van der Waals surface area contributed by atoms with E-state index in [-0.39, 0.29) is 30.0 Å². The molecule has 0 bridgehead atoms. The highest BCUT2D eigenvalue weighted by atomic mass is 32.2. The number of hydrogen-bond acceptors (Lipinski definition) is 9. The second kappa shape index (κ2) is 10.5. The number of carbonyl (C=O) groups is 2. The lowest BCUT2D eigenvalue weighted by molar-refractivity contribution is 0.0357. The number of imidazole rings is 1. The highest BCUT2D eigenvalue weighted by molar-refractivity contribution is 7.90. The van der Waals surface area contributed by atoms with E-state index in [1.807, 2.05) is 0 Å². The van der Waals surface area contributed by atoms with Crippen molar-refractivity contribution in [2.45, 2.75) is 38.4 Å². The van der Waals surface area contributed by atoms with E-state index in [2.05, 4.69) is 9.97 Å². The number of benzene rings is 1. The van der Waals surface area contributed by atoms with Crippen LogP contribution >= 0.6 is 0 Å². The molecule has 10 nitrogen and oxygen atoms in total. The van der Waals surface area contributed by atoms with Gasteiger partial charge in [-0.05, 0) is 38.5 Å². The van der Waals surface area contributed by atoms with Gasteiger partial charge in [0.25, 0.3) is 0 Å². The Labute approximate surface area is 194 Å². The minimum Gasteiger partial charge on any atom is -0.609 e. The molecule has 2 aromatic heterocycles. The van der Waals surface area contributed by atoms with Crippen LogP contribution in [0.25, 0.3) is 11.0 Å². The quantitative estimate of drug-likeness (QED) is 0.260. The first-order valence-electron chi connectivity index (χ1n) is 10.1. The summed E-state index contributed by atoms with van der Waals surface area (Å²) in [4.78, 5) is 32.6. The van der Waals surface area contributed by atoms with Crippen molar-refractivity contribution >= 4 is 34.1 Å². The van der Waals surface area contributed by atoms with Gasteiger partial charge >= 0.3 is 11.3 Å². The number of rotatable bonds is 9. The average Bonchev–Trinajstić information content (AvgIpc) is 3.14. The Hall–Kier alpha value is -3.31. The summed E-state index contributed by atoms with van der Waals surface area (Å²) in [5.41, 5.74) is 2.66. The first-order valence-corrected chi connectivity index (χ1v) is 11.4. The molecular formula is C22H25N3O7S. The van der Waals surface area contributed by atoms with Crippen LogP contribution in [0.4, 0.5) is 4.79 Å². The fraction of sp³-hybridized carbons (Fsp3) is 0.364. The van der Waals surface area contributed by atoms with Gasteiger partial charge in [0, 0.05) is 29.0 Å². The Balaban J connectivity index is 2.05. The summed E-state index contributed by atoms with van der Waals surface area (Å²) < 4.78 is 35.5. The molecule has 0 saturated carbocycles. The number of carbonyl (C=O) groups excluding carboxylic acids is 2. The lowest BCUT2D eigenvalue weighted by Gasteiger charge is -2.15. The highest BCUT2D eigenvalue weighted by Crippen LogP contribution is 2.32. The van der Waals surface area contributed by atoms with Crippen molar-refractivity contribution in [1.82, 2.24) is 14.5 Å². The standard InChI is InChI=1S/C22H25N3O7S/c1-6-31-22(27)32-12-25-18-10-15(14(3)26)13(2)9-16(18)24-21(25)33(28)11-17-20(30-5)19(29-4)7-8-23-17/h7-10H,6,11-12H2,1-5H3. The van der Waals surface area contributed by atoms with Gasteiger partial charge in [-0.2, -0.15) is 4.98 Å². The Morgan fingerprint density at radius 1 is 1.18 bits per heavy atom. The van der Waals surface area contributed by atoms with Crippen molar-refractivity contribution in [2.24, 2.45) is 0 Å². The maximum Gasteiger partial charge on any atom is 0.510 e. The van der Waals surface area contributed by atoms with Gasteiger partial charge < -0.3 is 23.5 Å². The summed E-state index contributed by atoms with van der Waals surface area (Å²) in [7, 11) is 2.97. The van der Waals surface area contributed by atoms with Gasteiger partial charge in [-0.3, -0.25) is 9.78 Å². The number of hydrogen-bond donors (Lipinski definition) is 0. The third kappa shape index (κ3) is 5.20. The van der Waals surface area contributed by atoms with Crippen LogP contribution in [0, 0.1) is 6.92 Å². The molecule has 0 aliphatic carbocycles. The van der Waals surface area contributed by atoms with Crippen LogP contribution in [-0.2, 0) is 33.1 Å². The van der Waals surface area contributed by atoms with Gasteiger partial charge in [0.1, 0.15) is 5.69 Å². The van der Waals surface area contributed by atoms with E-state index in [1.54, 1.807) is 32.0 Å². The van der Waals surface area contributed by atoms with Crippen LogP contribution in [0.3, 0.4) is 0 Å². The number of methoxy groups -OCH3 is 2. The summed E-state index contributed by atoms with van der Waals surface area (Å²) >= 11 is -1.71. The van der Waals surface area contributed by atoms with Crippen molar-refractivity contribution in [1.29, 1.82) is 0 Å². The highest BCUT2D eigenvalue weighted by Gasteiger charge is 2.27. The number of pyridine rings is 1. The van der Waals surface area contributed by atoms with E-state index in [0.29, 0.717) is 33.8 Å². The first kappa shape index (κ1) is 24.3. The van der Waals surface area contributed by atoms with Gasteiger partial charge in [-0.15, -0.1) is 0 Å². The molecule has 0 radical (unpaired) electrons. The monoisotopic (exact) mass is 475 g/mol. The molecule has 0 aliphatic heterocycles. The Bertz CT molecular complexity index is 1180. The fourth-order valence-corrected chi connectivity index (χ4v) is 4.53. The molecule has 0 spiro atoms. The van der Waals surface area contributed by atoms with Crippen molar-refractivity contribution in [3.05, 3.63) is 41.2 Å². The number of fused-ring (bicyclic) bond motifs is 1. The van der Waals surface area contributed by atoms with Gasteiger partial charge in [0.2, 0.25) is 0 Å². The van der Waals surface area contributed by atoms with Gasteiger partial charge in [-0.25, -0.2) is 9.36 Å². The van der Waals surface area contributed by atoms with Crippen LogP contribution < -0.4 is 9.47 Å². The first-order chi connectivity index (χ1) is 15.8. The zero-order valence-corrected chi connectivity index (χ0v) is 19.9. The normalized spacial score (nSPS) is 11.8. The number of nitrogens with zero attached hydrogens (tertiary/aromatic N) is 3. The van der Waals surface area contributed by atoms with Crippen molar-refractivity contribution in [3.63, 3.8) is 0 Å². The predicted molar refractivity (Wildman–Crippen MR) is 120 cm³/mol. The molecule has 1 aromatic carbocycles. The molecule has 1 unspecified atom stereocenters. The van der Waals surface area contributed by atoms with E-state index >= 15 is 0 Å². The summed E-state index contributed by atoms with van der Waals surface area (Å²) in [5, 5.41) is 0.154. The number of ether oxygens (including phenoxy) is 4. The fourth-order valence-electron chi connectivity index (χ4n) is 3.35. The smallest absolute Gasteiger partial charge is 0.510 e. The maximum absolute atomic E-state index is 13.4. The molecule has 3 rings (SSSR count). The Morgan fingerprint density at radius 3 is 2.58 bits per heavy atom. The number of aromatic nitrogens is 3. The third-order valence-corrected chi connectivity index (χ3v) is 6.10. The van der Waals surface area contributed by atoms with Gasteiger partial charge in [0.15, 0.2) is 29.8 Å². The lowest BCUT2D eigenvalue weighted by Crippen LogP contribution is -2.17. The average molecular weight is 476 g/mol. The maximum atomic E-state index is 13.4. The number of Topliss-reactive ketones (excluding diaryl/α,β-unsaturated/α-hetero) is 1. The zero-order chi connectivity index (χ0) is 24.1. The van der Waals surface area contributed by atoms with Gasteiger partial charge in [0.05, 0.1) is 31.9 Å². The van der Waals surface area contributed by atoms with Crippen LogP contribution in [0.2, 0.25) is 0 Å². The van der Waals surface area contributed by atoms with Crippen molar-refractivity contribution in [2.75, 3.05) is 20.8 Å². The molecule has 176 valence electrons. The SMILES string of the molecule is CCOC(=O)OCn1c([S+]([O-])Cc2nccc(OC)c2OC)nc2cc(C)c(C(C)=O)cc21. The molecule has 0 saturated heterocycles. The minimum absolute atomic E-state index is 0.0261. The van der Waals surface area contributed by atoms with Crippen LogP contribution in [0.5, 0.6) is 11.5 Å². The zero-order valence-electron chi connectivity index (χ0n) is 19.0. The molecule has 11 heteroatoms. The number of ketones is 1. The molecule has 0 fully saturated rings. The third-order valence-electron chi connectivity index (χ3n) is 4.85. The second-order valence-electron chi connectivity index (χ2n) is 6.97. The summed E-state index contributed by atoms with van der Waals surface area (Å²) in [6.07, 6.45) is 0.662. The molecular weight excluding hydrogens is 450 g/mol. The van der Waals surface area contributed by atoms with E-state index in [9.17, 15) is 14.1 Å². The van der Waals surface area contributed by atoms with Crippen molar-refractivity contribution < 1.29 is 33.1 Å². The second-order valence-corrected chi connectivity index (χ2v) is 8.32. The predicted octanol–water partition coefficient (Wildman–Crippen LogP) is 3.40. The topological polar surface area (TPSA) is 125 Å². The van der Waals surface area contributed by atoms with E-state index < -0.39 is 17.3 Å². The Morgan fingerprint density at radius 2 is 1.94 bits per heavy atom. The largest absolute Gasteiger partial charge is 0.609 e. The number of aryl methyl sites for hydroxylation is 1. The summed E-state index contributed by atoms with van der Waals surface area (Å²) in [6.45, 7) is 4.78. The van der Waals surface area contributed by atoms with Crippen molar-refractivity contribution in [3.8, 4) is 11.5 Å². The van der Waals surface area contributed by atoms with Gasteiger partial charge in [-0.1, -0.05) is 0 Å². The van der Waals surface area contributed by atoms with Crippen LogP contribution in [0.1, 0.15) is 35.5 Å². The van der Waals surface area contributed by atoms with Crippen LogP contribution in [-0.4, -0.2) is 51.9 Å². The molecule has 1 atom stereocenters. The molecule has 0 N–H and O–H groups in total. The van der Waals surface area contributed by atoms with E-state index in [4.69, 9.17) is 18.9 Å². The molecule has 3 aromatic rings. The van der Waals surface area contributed by atoms with Crippen LogP contribution in [0.15, 0.2) is 29.6 Å². The lowest BCUT2D eigenvalue weighted by atomic mass is 10.0. The minimum atomic E-state index is -1.71. The van der Waals surface area contributed by atoms with E-state index in [0.717, 1.165) is 5.56 Å². The molecule has 0 aliphatic rings.